The number of nitrogens with one attached hydrogen (secondary N) is 1. The first-order chi connectivity index (χ1) is 11.6. The van der Waals surface area contributed by atoms with E-state index in [4.69, 9.17) is 15.2 Å². The fourth-order valence-corrected chi connectivity index (χ4v) is 2.99. The van der Waals surface area contributed by atoms with E-state index in [0.29, 0.717) is 24.3 Å². The monoisotopic (exact) mass is 330 g/mol. The summed E-state index contributed by atoms with van der Waals surface area (Å²) in [6, 6.07) is 7.48. The second kappa shape index (κ2) is 7.02. The number of amides is 1. The second-order valence-electron chi connectivity index (χ2n) is 5.87. The maximum Gasteiger partial charge on any atom is 0.257 e. The molecule has 1 aromatic heterocycles. The molecule has 24 heavy (non-hydrogen) atoms. The van der Waals surface area contributed by atoms with Gasteiger partial charge in [0.15, 0.2) is 0 Å². The molecule has 2 aromatic rings. The molecule has 3 N–H and O–H groups in total. The van der Waals surface area contributed by atoms with Crippen molar-refractivity contribution >= 4 is 5.91 Å². The molecule has 0 bridgehead atoms. The summed E-state index contributed by atoms with van der Waals surface area (Å²) >= 11 is 0. The third kappa shape index (κ3) is 3.13. The predicted molar refractivity (Wildman–Crippen MR) is 89.9 cm³/mol. The van der Waals surface area contributed by atoms with Crippen molar-refractivity contribution in [2.75, 3.05) is 27.3 Å². The number of hydrogen-bond acceptors (Lipinski definition) is 5. The van der Waals surface area contributed by atoms with Gasteiger partial charge in [-0.25, -0.2) is 0 Å². The van der Waals surface area contributed by atoms with Gasteiger partial charge in [0.1, 0.15) is 5.75 Å². The first kappa shape index (κ1) is 16.5. The molecule has 1 saturated heterocycles. The van der Waals surface area contributed by atoms with Crippen LogP contribution in [0, 0.1) is 0 Å². The number of carbonyl (C=O) groups excluding carboxylic acids is 1. The summed E-state index contributed by atoms with van der Waals surface area (Å²) in [7, 11) is 3.23. The Morgan fingerprint density at radius 2 is 2.25 bits per heavy atom. The molecule has 1 amide bonds. The number of nitrogens with zero attached hydrogens (tertiary/aromatic N) is 2. The van der Waals surface area contributed by atoms with Gasteiger partial charge in [-0.1, -0.05) is 12.1 Å². The minimum atomic E-state index is -0.144. The van der Waals surface area contributed by atoms with Gasteiger partial charge in [0.25, 0.3) is 5.91 Å². The number of piperidine rings is 1. The molecule has 0 spiro atoms. The van der Waals surface area contributed by atoms with Gasteiger partial charge < -0.3 is 20.1 Å². The van der Waals surface area contributed by atoms with Gasteiger partial charge in [-0.15, -0.1) is 0 Å². The van der Waals surface area contributed by atoms with Crippen LogP contribution in [0.4, 0.5) is 0 Å². The summed E-state index contributed by atoms with van der Waals surface area (Å²) in [6.45, 7) is 1.10. The molecule has 1 aromatic carbocycles. The van der Waals surface area contributed by atoms with E-state index in [1.54, 1.807) is 25.3 Å². The van der Waals surface area contributed by atoms with Crippen LogP contribution >= 0.6 is 0 Å². The van der Waals surface area contributed by atoms with Crippen LogP contribution < -0.4 is 10.5 Å². The Morgan fingerprint density at radius 3 is 3.00 bits per heavy atom. The molecule has 1 fully saturated rings. The van der Waals surface area contributed by atoms with Gasteiger partial charge in [-0.3, -0.25) is 9.89 Å². The van der Waals surface area contributed by atoms with E-state index in [-0.39, 0.29) is 18.1 Å². The molecule has 0 saturated carbocycles. The standard InChI is InChI=1S/C17H22N4O3/c1-23-12-5-3-4-11(8-12)16-13(9-19-20-16)17(22)21-7-6-14(18)15(10-21)24-2/h3-5,8-9,14-15H,6-7,10,18H2,1-2H3,(H,19,20)/t14-,15+/m1/s1. The minimum absolute atomic E-state index is 0.0405. The first-order valence-corrected chi connectivity index (χ1v) is 7.89. The fourth-order valence-electron chi connectivity index (χ4n) is 2.99. The third-order valence-electron chi connectivity index (χ3n) is 4.43. The van der Waals surface area contributed by atoms with Gasteiger partial charge >= 0.3 is 0 Å². The van der Waals surface area contributed by atoms with E-state index in [1.807, 2.05) is 24.3 Å². The third-order valence-corrected chi connectivity index (χ3v) is 4.43. The Labute approximate surface area is 140 Å². The number of rotatable bonds is 4. The zero-order chi connectivity index (χ0) is 17.1. The van der Waals surface area contributed by atoms with Crippen molar-refractivity contribution in [3.05, 3.63) is 36.0 Å². The topological polar surface area (TPSA) is 93.5 Å². The summed E-state index contributed by atoms with van der Waals surface area (Å²) in [6.07, 6.45) is 2.14. The van der Waals surface area contributed by atoms with Crippen molar-refractivity contribution in [2.45, 2.75) is 18.6 Å². The van der Waals surface area contributed by atoms with Gasteiger partial charge in [-0.05, 0) is 18.6 Å². The maximum atomic E-state index is 12.9. The number of aromatic nitrogens is 2. The molecule has 1 aliphatic heterocycles. The number of hydrogen-bond donors (Lipinski definition) is 2. The number of benzene rings is 1. The van der Waals surface area contributed by atoms with Gasteiger partial charge in [0.05, 0.1) is 30.7 Å². The fraction of sp³-hybridized carbons (Fsp3) is 0.412. The summed E-state index contributed by atoms with van der Waals surface area (Å²) in [5, 5.41) is 6.97. The zero-order valence-corrected chi connectivity index (χ0v) is 13.9. The van der Waals surface area contributed by atoms with Crippen LogP contribution in [-0.4, -0.2) is 60.5 Å². The Hall–Kier alpha value is -2.38. The highest BCUT2D eigenvalue weighted by Gasteiger charge is 2.31. The normalized spacial score (nSPS) is 20.9. The average Bonchev–Trinajstić information content (AvgIpc) is 3.11. The largest absolute Gasteiger partial charge is 0.497 e. The minimum Gasteiger partial charge on any atom is -0.497 e. The first-order valence-electron chi connectivity index (χ1n) is 7.89. The SMILES string of the molecule is COc1cccc(-c2[nH]ncc2C(=O)N2CC[C@@H](N)[C@@H](OC)C2)c1. The van der Waals surface area contributed by atoms with Crippen molar-refractivity contribution in [2.24, 2.45) is 5.73 Å². The lowest BCUT2D eigenvalue weighted by Crippen LogP contribution is -2.53. The molecule has 0 radical (unpaired) electrons. The van der Waals surface area contributed by atoms with Gasteiger partial charge in [0.2, 0.25) is 0 Å². The molecule has 1 aliphatic rings. The molecule has 3 rings (SSSR count). The van der Waals surface area contributed by atoms with E-state index in [1.165, 1.54) is 0 Å². The molecule has 0 aliphatic carbocycles. The van der Waals surface area contributed by atoms with Crippen molar-refractivity contribution in [3.8, 4) is 17.0 Å². The van der Waals surface area contributed by atoms with Crippen LogP contribution in [0.25, 0.3) is 11.3 Å². The van der Waals surface area contributed by atoms with E-state index >= 15 is 0 Å². The molecule has 0 unspecified atom stereocenters. The molecule has 2 atom stereocenters. The highest BCUT2D eigenvalue weighted by molar-refractivity contribution is 5.99. The maximum absolute atomic E-state index is 12.9. The van der Waals surface area contributed by atoms with Crippen molar-refractivity contribution in [1.29, 1.82) is 0 Å². The van der Waals surface area contributed by atoms with Crippen LogP contribution in [0.5, 0.6) is 5.75 Å². The summed E-state index contributed by atoms with van der Waals surface area (Å²) < 4.78 is 10.6. The Balaban J connectivity index is 1.85. The quantitative estimate of drug-likeness (QED) is 0.880. The van der Waals surface area contributed by atoms with Crippen LogP contribution in [0.2, 0.25) is 0 Å². The number of ether oxygens (including phenoxy) is 2. The Morgan fingerprint density at radius 1 is 1.42 bits per heavy atom. The lowest BCUT2D eigenvalue weighted by atomic mass is 10.0. The van der Waals surface area contributed by atoms with Gasteiger partial charge in [-0.2, -0.15) is 5.10 Å². The molecular formula is C17H22N4O3. The number of methoxy groups -OCH3 is 2. The second-order valence-corrected chi connectivity index (χ2v) is 5.87. The molecular weight excluding hydrogens is 308 g/mol. The van der Waals surface area contributed by atoms with E-state index in [9.17, 15) is 4.79 Å². The molecule has 128 valence electrons. The van der Waals surface area contributed by atoms with Crippen LogP contribution in [0.15, 0.2) is 30.5 Å². The van der Waals surface area contributed by atoms with E-state index in [0.717, 1.165) is 17.7 Å². The molecule has 2 heterocycles. The van der Waals surface area contributed by atoms with E-state index in [2.05, 4.69) is 10.2 Å². The van der Waals surface area contributed by atoms with Gasteiger partial charge in [0, 0.05) is 31.8 Å². The van der Waals surface area contributed by atoms with Crippen LogP contribution in [0.1, 0.15) is 16.8 Å². The molecule has 7 heteroatoms. The Bertz CT molecular complexity index is 715. The summed E-state index contributed by atoms with van der Waals surface area (Å²) in [4.78, 5) is 14.7. The smallest absolute Gasteiger partial charge is 0.257 e. The van der Waals surface area contributed by atoms with Crippen LogP contribution in [-0.2, 0) is 4.74 Å². The number of likely N-dealkylation sites (tertiary alicyclic amines) is 1. The number of aromatic amines is 1. The highest BCUT2D eigenvalue weighted by Crippen LogP contribution is 2.26. The number of nitrogens with two attached hydrogens (primary N) is 1. The van der Waals surface area contributed by atoms with Crippen molar-refractivity contribution in [3.63, 3.8) is 0 Å². The van der Waals surface area contributed by atoms with Crippen molar-refractivity contribution < 1.29 is 14.3 Å². The van der Waals surface area contributed by atoms with Crippen molar-refractivity contribution in [1.82, 2.24) is 15.1 Å². The Kier molecular flexibility index (Phi) is 4.82. The lowest BCUT2D eigenvalue weighted by Gasteiger charge is -2.35. The average molecular weight is 330 g/mol. The highest BCUT2D eigenvalue weighted by atomic mass is 16.5. The summed E-state index contributed by atoms with van der Waals surface area (Å²) in [5.41, 5.74) is 8.10. The lowest BCUT2D eigenvalue weighted by molar-refractivity contribution is 0.0162. The van der Waals surface area contributed by atoms with Crippen LogP contribution in [0.3, 0.4) is 0 Å². The van der Waals surface area contributed by atoms with E-state index < -0.39 is 0 Å². The predicted octanol–water partition coefficient (Wildman–Crippen LogP) is 1.27. The number of carbonyl (C=O) groups is 1. The molecule has 7 nitrogen and oxygen atoms in total. The zero-order valence-electron chi connectivity index (χ0n) is 13.9. The number of H-pyrrole nitrogens is 1. The summed E-state index contributed by atoms with van der Waals surface area (Å²) in [5.74, 6) is 0.652.